The Morgan fingerprint density at radius 3 is 2.47 bits per heavy atom. The van der Waals surface area contributed by atoms with Gasteiger partial charge in [0.1, 0.15) is 4.90 Å². The Morgan fingerprint density at radius 1 is 1.32 bits per heavy atom. The van der Waals surface area contributed by atoms with E-state index in [0.29, 0.717) is 0 Å². The highest BCUT2D eigenvalue weighted by molar-refractivity contribution is 7.90. The fraction of sp³-hybridized carbons (Fsp3) is 0.444. The van der Waals surface area contributed by atoms with Crippen molar-refractivity contribution < 1.29 is 16.8 Å². The van der Waals surface area contributed by atoms with E-state index in [1.54, 1.807) is 0 Å². The molecule has 10 heteroatoms. The first-order chi connectivity index (χ1) is 8.67. The van der Waals surface area contributed by atoms with Gasteiger partial charge in [-0.15, -0.1) is 0 Å². The maximum absolute atomic E-state index is 11.9. The van der Waals surface area contributed by atoms with Crippen LogP contribution in [0.3, 0.4) is 0 Å². The van der Waals surface area contributed by atoms with Crippen molar-refractivity contribution in [1.29, 1.82) is 0 Å². The number of aromatic nitrogens is 1. The number of rotatable bonds is 6. The van der Waals surface area contributed by atoms with Gasteiger partial charge in [-0.2, -0.15) is 0 Å². The Morgan fingerprint density at radius 2 is 1.95 bits per heavy atom. The van der Waals surface area contributed by atoms with Gasteiger partial charge >= 0.3 is 0 Å². The van der Waals surface area contributed by atoms with Gasteiger partial charge in [-0.05, 0) is 6.07 Å². The topological polar surface area (TPSA) is 122 Å². The number of nitrogens with zero attached hydrogens (tertiary/aromatic N) is 2. The van der Waals surface area contributed by atoms with Crippen molar-refractivity contribution in [3.8, 4) is 0 Å². The van der Waals surface area contributed by atoms with Crippen molar-refractivity contribution in [2.24, 2.45) is 0 Å². The Labute approximate surface area is 112 Å². The standard InChI is InChI=1S/C9H16N4O4S2/c1-13(2)18(14,15)6-5-12-19(16,17)9-7-11-4-3-8(9)10/h3-4,7,12H,5-6H2,1-2H3,(H2,10,11). The summed E-state index contributed by atoms with van der Waals surface area (Å²) in [5, 5.41) is 0. The molecular formula is C9H16N4O4S2. The second-order valence-corrected chi connectivity index (χ2v) is 7.95. The largest absolute Gasteiger partial charge is 0.398 e. The molecule has 0 aliphatic rings. The highest BCUT2D eigenvalue weighted by atomic mass is 32.2. The summed E-state index contributed by atoms with van der Waals surface area (Å²) in [6.07, 6.45) is 2.48. The third-order valence-corrected chi connectivity index (χ3v) is 5.65. The lowest BCUT2D eigenvalue weighted by molar-refractivity contribution is 0.519. The molecule has 0 radical (unpaired) electrons. The second-order valence-electron chi connectivity index (χ2n) is 3.91. The minimum absolute atomic E-state index is 0.0537. The first-order valence-electron chi connectivity index (χ1n) is 5.26. The van der Waals surface area contributed by atoms with E-state index >= 15 is 0 Å². The summed E-state index contributed by atoms with van der Waals surface area (Å²) in [7, 11) is -4.56. The number of nitrogen functional groups attached to an aromatic ring is 1. The molecule has 1 heterocycles. The van der Waals surface area contributed by atoms with Crippen LogP contribution in [0.1, 0.15) is 0 Å². The molecule has 0 atom stereocenters. The maximum Gasteiger partial charge on any atom is 0.244 e. The summed E-state index contributed by atoms with van der Waals surface area (Å²) < 4.78 is 49.9. The van der Waals surface area contributed by atoms with Gasteiger partial charge in [-0.3, -0.25) is 4.98 Å². The molecule has 1 aromatic rings. The van der Waals surface area contributed by atoms with Crippen LogP contribution in [0.5, 0.6) is 0 Å². The molecule has 0 bridgehead atoms. The molecule has 19 heavy (non-hydrogen) atoms. The lowest BCUT2D eigenvalue weighted by Crippen LogP contribution is -2.34. The van der Waals surface area contributed by atoms with Gasteiger partial charge in [-0.25, -0.2) is 25.9 Å². The van der Waals surface area contributed by atoms with Gasteiger partial charge in [0.2, 0.25) is 20.0 Å². The molecule has 0 fully saturated rings. The van der Waals surface area contributed by atoms with E-state index in [1.807, 2.05) is 0 Å². The van der Waals surface area contributed by atoms with Gasteiger partial charge in [-0.1, -0.05) is 0 Å². The smallest absolute Gasteiger partial charge is 0.244 e. The second kappa shape index (κ2) is 5.82. The van der Waals surface area contributed by atoms with Gasteiger partial charge < -0.3 is 5.73 Å². The fourth-order valence-corrected chi connectivity index (χ4v) is 3.14. The average molecular weight is 308 g/mol. The Kier molecular flexibility index (Phi) is 4.85. The van der Waals surface area contributed by atoms with Crippen LogP contribution in [-0.4, -0.2) is 52.5 Å². The van der Waals surface area contributed by atoms with Crippen LogP contribution in [0.25, 0.3) is 0 Å². The highest BCUT2D eigenvalue weighted by Gasteiger charge is 2.19. The van der Waals surface area contributed by atoms with Crippen molar-refractivity contribution in [2.75, 3.05) is 32.1 Å². The maximum atomic E-state index is 11.9. The molecule has 0 aliphatic heterocycles. The molecule has 0 aromatic carbocycles. The monoisotopic (exact) mass is 308 g/mol. The zero-order chi connectivity index (χ0) is 14.7. The van der Waals surface area contributed by atoms with Gasteiger partial charge in [0, 0.05) is 33.0 Å². The highest BCUT2D eigenvalue weighted by Crippen LogP contribution is 2.14. The molecule has 0 saturated carbocycles. The summed E-state index contributed by atoms with van der Waals surface area (Å²) in [5.41, 5.74) is 5.58. The third-order valence-electron chi connectivity index (χ3n) is 2.31. The van der Waals surface area contributed by atoms with E-state index in [2.05, 4.69) is 9.71 Å². The van der Waals surface area contributed by atoms with Gasteiger partial charge in [0.15, 0.2) is 0 Å². The predicted octanol–water partition coefficient (Wildman–Crippen LogP) is -1.17. The van der Waals surface area contributed by atoms with Crippen LogP contribution < -0.4 is 10.5 Å². The number of nitrogens with two attached hydrogens (primary N) is 1. The van der Waals surface area contributed by atoms with E-state index < -0.39 is 20.0 Å². The van der Waals surface area contributed by atoms with Gasteiger partial charge in [0.05, 0.1) is 11.4 Å². The van der Waals surface area contributed by atoms with E-state index in [4.69, 9.17) is 5.73 Å². The van der Waals surface area contributed by atoms with E-state index in [9.17, 15) is 16.8 Å². The van der Waals surface area contributed by atoms with Crippen molar-refractivity contribution in [3.63, 3.8) is 0 Å². The SMILES string of the molecule is CN(C)S(=O)(=O)CCNS(=O)(=O)c1cnccc1N. The lowest BCUT2D eigenvalue weighted by atomic mass is 10.4. The molecular weight excluding hydrogens is 292 g/mol. The van der Waals surface area contributed by atoms with Crippen molar-refractivity contribution >= 4 is 25.7 Å². The van der Waals surface area contributed by atoms with E-state index in [-0.39, 0.29) is 22.9 Å². The van der Waals surface area contributed by atoms with Crippen LogP contribution in [0.2, 0.25) is 0 Å². The molecule has 1 aromatic heterocycles. The Hall–Kier alpha value is -1.23. The quantitative estimate of drug-likeness (QED) is 0.683. The number of sulfonamides is 2. The normalized spacial score (nSPS) is 12.8. The average Bonchev–Trinajstić information content (AvgIpc) is 2.28. The summed E-state index contributed by atoms with van der Waals surface area (Å²) in [5.74, 6) is -0.334. The predicted molar refractivity (Wildman–Crippen MR) is 71.3 cm³/mol. The van der Waals surface area contributed by atoms with E-state index in [0.717, 1.165) is 10.5 Å². The Bertz CT molecular complexity index is 640. The molecule has 0 amide bonds. The molecule has 3 N–H and O–H groups in total. The number of hydrogen-bond donors (Lipinski definition) is 2. The first kappa shape index (κ1) is 15.8. The van der Waals surface area contributed by atoms with Crippen LogP contribution in [0.4, 0.5) is 5.69 Å². The molecule has 0 saturated heterocycles. The first-order valence-corrected chi connectivity index (χ1v) is 8.35. The summed E-state index contributed by atoms with van der Waals surface area (Å²) in [6.45, 7) is -0.239. The minimum Gasteiger partial charge on any atom is -0.398 e. The summed E-state index contributed by atoms with van der Waals surface area (Å²) >= 11 is 0. The van der Waals surface area contributed by atoms with Crippen molar-refractivity contribution in [2.45, 2.75) is 4.90 Å². The molecule has 0 spiro atoms. The summed E-state index contributed by atoms with van der Waals surface area (Å²) in [4.78, 5) is 3.50. The minimum atomic E-state index is -3.86. The van der Waals surface area contributed by atoms with Crippen LogP contribution in [0.15, 0.2) is 23.4 Å². The Balaban J connectivity index is 2.76. The summed E-state index contributed by atoms with van der Waals surface area (Å²) in [6, 6.07) is 1.35. The molecule has 0 unspecified atom stereocenters. The van der Waals surface area contributed by atoms with Gasteiger partial charge in [0.25, 0.3) is 0 Å². The van der Waals surface area contributed by atoms with Crippen LogP contribution in [-0.2, 0) is 20.0 Å². The number of pyridine rings is 1. The molecule has 0 aliphatic carbocycles. The number of nitrogens with one attached hydrogen (secondary N) is 1. The third kappa shape index (κ3) is 4.13. The van der Waals surface area contributed by atoms with Crippen LogP contribution >= 0.6 is 0 Å². The fourth-order valence-electron chi connectivity index (χ4n) is 1.18. The zero-order valence-corrected chi connectivity index (χ0v) is 12.2. The number of anilines is 1. The van der Waals surface area contributed by atoms with Crippen molar-refractivity contribution in [1.82, 2.24) is 14.0 Å². The molecule has 1 rings (SSSR count). The molecule has 8 nitrogen and oxygen atoms in total. The van der Waals surface area contributed by atoms with Crippen LogP contribution in [0, 0.1) is 0 Å². The lowest BCUT2D eigenvalue weighted by Gasteiger charge is -2.12. The zero-order valence-electron chi connectivity index (χ0n) is 10.6. The molecule has 108 valence electrons. The number of hydrogen-bond acceptors (Lipinski definition) is 6. The van der Waals surface area contributed by atoms with Crippen molar-refractivity contribution in [3.05, 3.63) is 18.5 Å². The van der Waals surface area contributed by atoms with E-state index in [1.165, 1.54) is 26.4 Å².